The molecule has 0 N–H and O–H groups in total. The summed E-state index contributed by atoms with van der Waals surface area (Å²) in [6, 6.07) is 14.2. The van der Waals surface area contributed by atoms with Gasteiger partial charge in [-0.15, -0.1) is 0 Å². The molecule has 2 aromatic rings. The minimum absolute atomic E-state index is 0.149. The van der Waals surface area contributed by atoms with Crippen LogP contribution in [0.5, 0.6) is 11.5 Å². The van der Waals surface area contributed by atoms with Gasteiger partial charge in [0.15, 0.2) is 23.1 Å². The van der Waals surface area contributed by atoms with Crippen molar-refractivity contribution in [3.8, 4) is 11.5 Å². The van der Waals surface area contributed by atoms with Gasteiger partial charge in [-0.05, 0) is 62.4 Å². The number of allylic oxidation sites excluding steroid dienone is 4. The summed E-state index contributed by atoms with van der Waals surface area (Å²) in [5, 5.41) is 0. The Kier molecular flexibility index (Phi) is 4.46. The molecule has 0 spiro atoms. The Labute approximate surface area is 187 Å². The number of anilines is 1. The van der Waals surface area contributed by atoms with E-state index in [1.165, 1.54) is 5.56 Å². The summed E-state index contributed by atoms with van der Waals surface area (Å²) in [4.78, 5) is 29.0. The lowest BCUT2D eigenvalue weighted by Gasteiger charge is -2.44. The molecule has 4 aliphatic rings. The van der Waals surface area contributed by atoms with Crippen molar-refractivity contribution in [2.45, 2.75) is 51.4 Å². The number of ketones is 2. The molecule has 0 atom stereocenters. The van der Waals surface area contributed by atoms with E-state index in [1.54, 1.807) is 0 Å². The number of aryl methyl sites for hydroxylation is 1. The highest BCUT2D eigenvalue weighted by atomic mass is 16.7. The predicted molar refractivity (Wildman–Crippen MR) is 121 cm³/mol. The summed E-state index contributed by atoms with van der Waals surface area (Å²) in [5.41, 5.74) is 6.83. The van der Waals surface area contributed by atoms with E-state index in [0.717, 1.165) is 59.5 Å². The first kappa shape index (κ1) is 19.4. The summed E-state index contributed by atoms with van der Waals surface area (Å²) in [5.74, 6) is 1.35. The third kappa shape index (κ3) is 2.91. The second-order valence-electron chi connectivity index (χ2n) is 8.99. The molecule has 32 heavy (non-hydrogen) atoms. The van der Waals surface area contributed by atoms with Crippen LogP contribution in [0.25, 0.3) is 0 Å². The number of carbonyl (C=O) groups excluding carboxylic acids is 2. The normalized spacial score (nSPS) is 20.6. The van der Waals surface area contributed by atoms with Crippen molar-refractivity contribution in [2.75, 3.05) is 11.7 Å². The quantitative estimate of drug-likeness (QED) is 0.647. The molecule has 0 unspecified atom stereocenters. The van der Waals surface area contributed by atoms with Gasteiger partial charge in [-0.2, -0.15) is 0 Å². The van der Waals surface area contributed by atoms with Gasteiger partial charge in [0.25, 0.3) is 0 Å². The molecule has 0 bridgehead atoms. The molecule has 5 heteroatoms. The number of rotatable bonds is 2. The van der Waals surface area contributed by atoms with Crippen LogP contribution < -0.4 is 14.4 Å². The molecule has 2 aromatic carbocycles. The van der Waals surface area contributed by atoms with Crippen LogP contribution in [0.3, 0.4) is 0 Å². The van der Waals surface area contributed by atoms with Crippen molar-refractivity contribution in [1.82, 2.24) is 0 Å². The number of Topliss-reactive ketones (excluding diaryl/α,β-unsaturated/α-hetero) is 2. The Hall–Kier alpha value is -3.34. The first-order valence-corrected chi connectivity index (χ1v) is 11.4. The predicted octanol–water partition coefficient (Wildman–Crippen LogP) is 5.34. The van der Waals surface area contributed by atoms with Crippen LogP contribution in [0, 0.1) is 6.92 Å². The average molecular weight is 428 g/mol. The summed E-state index contributed by atoms with van der Waals surface area (Å²) in [7, 11) is 0. The molecule has 2 aliphatic heterocycles. The summed E-state index contributed by atoms with van der Waals surface area (Å²) in [6.45, 7) is 2.27. The number of hydrogen-bond acceptors (Lipinski definition) is 5. The Balaban J connectivity index is 1.59. The molecule has 2 heterocycles. The molecule has 0 saturated carbocycles. The molecular formula is C27H25NO4. The molecule has 0 amide bonds. The Morgan fingerprint density at radius 1 is 0.781 bits per heavy atom. The van der Waals surface area contributed by atoms with Gasteiger partial charge in [-0.25, -0.2) is 0 Å². The fourth-order valence-corrected chi connectivity index (χ4v) is 5.55. The second-order valence-corrected chi connectivity index (χ2v) is 8.99. The van der Waals surface area contributed by atoms with Crippen LogP contribution in [0.4, 0.5) is 5.69 Å². The smallest absolute Gasteiger partial charge is 0.231 e. The number of ether oxygens (including phenoxy) is 2. The van der Waals surface area contributed by atoms with Crippen molar-refractivity contribution >= 4 is 17.3 Å². The van der Waals surface area contributed by atoms with Crippen molar-refractivity contribution in [3.63, 3.8) is 0 Å². The molecule has 0 fully saturated rings. The van der Waals surface area contributed by atoms with Crippen LogP contribution in [-0.2, 0) is 9.59 Å². The summed E-state index contributed by atoms with van der Waals surface area (Å²) >= 11 is 0. The lowest BCUT2D eigenvalue weighted by Crippen LogP contribution is -2.39. The minimum Gasteiger partial charge on any atom is -0.454 e. The highest BCUT2D eigenvalue weighted by Crippen LogP contribution is 2.51. The van der Waals surface area contributed by atoms with E-state index in [1.807, 2.05) is 18.2 Å². The standard InChI is InChI=1S/C27H25NO4/c1-16-8-11-18(12-9-16)28-19-4-2-6-21(29)26(19)25(27-20(28)5-3-7-22(27)30)17-10-13-23-24(14-17)32-15-31-23/h8-14,25H,2-7,15H2,1H3. The van der Waals surface area contributed by atoms with Crippen LogP contribution in [0.1, 0.15) is 55.6 Å². The minimum atomic E-state index is -0.336. The van der Waals surface area contributed by atoms with E-state index >= 15 is 0 Å². The van der Waals surface area contributed by atoms with Gasteiger partial charge in [0.05, 0.1) is 0 Å². The van der Waals surface area contributed by atoms with Gasteiger partial charge < -0.3 is 14.4 Å². The van der Waals surface area contributed by atoms with Gasteiger partial charge in [0.2, 0.25) is 6.79 Å². The largest absolute Gasteiger partial charge is 0.454 e. The Morgan fingerprint density at radius 2 is 1.41 bits per heavy atom. The van der Waals surface area contributed by atoms with Gasteiger partial charge in [0.1, 0.15) is 0 Å². The van der Waals surface area contributed by atoms with Crippen molar-refractivity contribution < 1.29 is 19.1 Å². The molecule has 5 nitrogen and oxygen atoms in total. The Morgan fingerprint density at radius 3 is 2.06 bits per heavy atom. The van der Waals surface area contributed by atoms with E-state index in [2.05, 4.69) is 36.1 Å². The fourth-order valence-electron chi connectivity index (χ4n) is 5.55. The lowest BCUT2D eigenvalue weighted by molar-refractivity contribution is -0.116. The van der Waals surface area contributed by atoms with Crippen molar-refractivity contribution in [3.05, 3.63) is 76.1 Å². The summed E-state index contributed by atoms with van der Waals surface area (Å²) in [6.07, 6.45) is 4.40. The highest BCUT2D eigenvalue weighted by Gasteiger charge is 2.44. The fraction of sp³-hybridized carbons (Fsp3) is 0.333. The molecule has 6 rings (SSSR count). The number of nitrogens with zero attached hydrogens (tertiary/aromatic N) is 1. The lowest BCUT2D eigenvalue weighted by atomic mass is 9.71. The zero-order valence-corrected chi connectivity index (χ0v) is 18.1. The third-order valence-corrected chi connectivity index (χ3v) is 7.00. The molecule has 0 saturated heterocycles. The van der Waals surface area contributed by atoms with Crippen LogP contribution in [0.15, 0.2) is 65.0 Å². The number of benzene rings is 2. The molecular weight excluding hydrogens is 402 g/mol. The third-order valence-electron chi connectivity index (χ3n) is 7.00. The second kappa shape index (κ2) is 7.37. The topological polar surface area (TPSA) is 55.8 Å². The number of hydrogen-bond donors (Lipinski definition) is 0. The van der Waals surface area contributed by atoms with Gasteiger partial charge in [0, 0.05) is 47.0 Å². The molecule has 0 radical (unpaired) electrons. The van der Waals surface area contributed by atoms with E-state index in [4.69, 9.17) is 9.47 Å². The maximum Gasteiger partial charge on any atom is 0.231 e. The van der Waals surface area contributed by atoms with Crippen LogP contribution >= 0.6 is 0 Å². The Bertz CT molecular complexity index is 1160. The monoisotopic (exact) mass is 427 g/mol. The summed E-state index contributed by atoms with van der Waals surface area (Å²) < 4.78 is 11.1. The van der Waals surface area contributed by atoms with Gasteiger partial charge >= 0.3 is 0 Å². The van der Waals surface area contributed by atoms with Crippen LogP contribution in [0.2, 0.25) is 0 Å². The molecule has 162 valence electrons. The first-order chi connectivity index (χ1) is 15.6. The van der Waals surface area contributed by atoms with Crippen molar-refractivity contribution in [1.29, 1.82) is 0 Å². The highest BCUT2D eigenvalue weighted by molar-refractivity contribution is 6.07. The molecule has 0 aromatic heterocycles. The molecule has 2 aliphatic carbocycles. The number of fused-ring (bicyclic) bond motifs is 1. The average Bonchev–Trinajstić information content (AvgIpc) is 3.27. The zero-order chi connectivity index (χ0) is 21.8. The van der Waals surface area contributed by atoms with Gasteiger partial charge in [-0.1, -0.05) is 23.8 Å². The van der Waals surface area contributed by atoms with E-state index in [9.17, 15) is 9.59 Å². The maximum absolute atomic E-state index is 13.4. The zero-order valence-electron chi connectivity index (χ0n) is 18.1. The van der Waals surface area contributed by atoms with E-state index in [0.29, 0.717) is 24.3 Å². The van der Waals surface area contributed by atoms with Crippen LogP contribution in [-0.4, -0.2) is 18.4 Å². The SMILES string of the molecule is Cc1ccc(N2C3=C(C(=O)CCC3)C(c3ccc4c(c3)OCO4)C3=C2CCCC3=O)cc1. The van der Waals surface area contributed by atoms with E-state index in [-0.39, 0.29) is 24.3 Å². The van der Waals surface area contributed by atoms with Crippen molar-refractivity contribution in [2.24, 2.45) is 0 Å². The van der Waals surface area contributed by atoms with Gasteiger partial charge in [-0.3, -0.25) is 9.59 Å². The first-order valence-electron chi connectivity index (χ1n) is 11.4. The van der Waals surface area contributed by atoms with E-state index < -0.39 is 0 Å². The number of carbonyl (C=O) groups is 2. The maximum atomic E-state index is 13.4.